The van der Waals surface area contributed by atoms with Crippen LogP contribution in [0.4, 0.5) is 4.79 Å². The minimum Gasteiger partial charge on any atom is -0.465 e. The standard InChI is InChI=1S/C9H15NO2/c11-8(12)10-6-5-9(7-10)3-1-2-4-9/h1-7H2,(H,11,12). The molecule has 1 aliphatic heterocycles. The van der Waals surface area contributed by atoms with Gasteiger partial charge in [-0.15, -0.1) is 0 Å². The lowest BCUT2D eigenvalue weighted by Gasteiger charge is -2.21. The number of rotatable bonds is 0. The number of hydrogen-bond acceptors (Lipinski definition) is 1. The Bertz CT molecular complexity index is 197. The van der Waals surface area contributed by atoms with Gasteiger partial charge in [-0.1, -0.05) is 12.8 Å². The van der Waals surface area contributed by atoms with Crippen molar-refractivity contribution < 1.29 is 9.90 Å². The largest absolute Gasteiger partial charge is 0.465 e. The van der Waals surface area contributed by atoms with E-state index < -0.39 is 6.09 Å². The molecule has 3 heteroatoms. The summed E-state index contributed by atoms with van der Waals surface area (Å²) in [7, 11) is 0. The van der Waals surface area contributed by atoms with Crippen LogP contribution in [0.2, 0.25) is 0 Å². The molecule has 0 aromatic carbocycles. The number of amides is 1. The van der Waals surface area contributed by atoms with Crippen molar-refractivity contribution in [2.75, 3.05) is 13.1 Å². The molecule has 1 heterocycles. The van der Waals surface area contributed by atoms with E-state index in [0.717, 1.165) is 19.5 Å². The third-order valence-electron chi connectivity index (χ3n) is 3.37. The van der Waals surface area contributed by atoms with Crippen LogP contribution < -0.4 is 0 Å². The van der Waals surface area contributed by atoms with Crippen molar-refractivity contribution in [3.05, 3.63) is 0 Å². The van der Waals surface area contributed by atoms with Gasteiger partial charge < -0.3 is 10.0 Å². The molecule has 2 aliphatic rings. The summed E-state index contributed by atoms with van der Waals surface area (Å²) < 4.78 is 0. The first-order valence-electron chi connectivity index (χ1n) is 4.70. The number of carbonyl (C=O) groups is 1. The lowest BCUT2D eigenvalue weighted by Crippen LogP contribution is -2.29. The van der Waals surface area contributed by atoms with Crippen molar-refractivity contribution in [1.82, 2.24) is 4.90 Å². The molecule has 1 saturated carbocycles. The van der Waals surface area contributed by atoms with Gasteiger partial charge in [0, 0.05) is 13.1 Å². The first kappa shape index (κ1) is 7.90. The number of carboxylic acid groups (broad SMARTS) is 1. The van der Waals surface area contributed by atoms with E-state index in [-0.39, 0.29) is 0 Å². The molecule has 1 amide bonds. The molecule has 68 valence electrons. The van der Waals surface area contributed by atoms with Gasteiger partial charge in [-0.2, -0.15) is 0 Å². The fourth-order valence-corrected chi connectivity index (χ4v) is 2.63. The average molecular weight is 169 g/mol. The average Bonchev–Trinajstić information content (AvgIpc) is 2.62. The number of nitrogens with zero attached hydrogens (tertiary/aromatic N) is 1. The Labute approximate surface area is 72.4 Å². The first-order valence-corrected chi connectivity index (χ1v) is 4.70. The van der Waals surface area contributed by atoms with Gasteiger partial charge in [-0.3, -0.25) is 0 Å². The van der Waals surface area contributed by atoms with Gasteiger partial charge in [0.25, 0.3) is 0 Å². The SMILES string of the molecule is O=C(O)N1CCC2(CCCC2)C1. The van der Waals surface area contributed by atoms with Crippen LogP contribution in [0.5, 0.6) is 0 Å². The molecule has 0 radical (unpaired) electrons. The van der Waals surface area contributed by atoms with E-state index in [1.165, 1.54) is 25.7 Å². The molecule has 0 aromatic heterocycles. The van der Waals surface area contributed by atoms with Crippen LogP contribution in [0.15, 0.2) is 0 Å². The topological polar surface area (TPSA) is 40.5 Å². The summed E-state index contributed by atoms with van der Waals surface area (Å²) in [5.41, 5.74) is 0.387. The second kappa shape index (κ2) is 2.64. The molecule has 3 nitrogen and oxygen atoms in total. The zero-order chi connectivity index (χ0) is 8.60. The molecule has 1 N–H and O–H groups in total. The molecule has 1 aliphatic carbocycles. The van der Waals surface area contributed by atoms with Gasteiger partial charge in [0.15, 0.2) is 0 Å². The fraction of sp³-hybridized carbons (Fsp3) is 0.889. The second-order valence-electron chi connectivity index (χ2n) is 4.16. The number of likely N-dealkylation sites (tertiary alicyclic amines) is 1. The van der Waals surface area contributed by atoms with E-state index in [2.05, 4.69) is 0 Å². The normalized spacial score (nSPS) is 26.8. The monoisotopic (exact) mass is 169 g/mol. The molecule has 0 bridgehead atoms. The van der Waals surface area contributed by atoms with Crippen molar-refractivity contribution in [3.63, 3.8) is 0 Å². The van der Waals surface area contributed by atoms with Gasteiger partial charge in [0.2, 0.25) is 0 Å². The van der Waals surface area contributed by atoms with E-state index in [1.807, 2.05) is 0 Å². The smallest absolute Gasteiger partial charge is 0.407 e. The van der Waals surface area contributed by atoms with Gasteiger partial charge in [-0.05, 0) is 24.7 Å². The molecule has 0 atom stereocenters. The van der Waals surface area contributed by atoms with Crippen LogP contribution >= 0.6 is 0 Å². The van der Waals surface area contributed by atoms with Crippen LogP contribution in [0.1, 0.15) is 32.1 Å². The molecule has 0 aromatic rings. The quantitative estimate of drug-likeness (QED) is 0.602. The molecular formula is C9H15NO2. The molecule has 2 rings (SSSR count). The van der Waals surface area contributed by atoms with Crippen molar-refractivity contribution in [3.8, 4) is 0 Å². The van der Waals surface area contributed by atoms with E-state index >= 15 is 0 Å². The zero-order valence-corrected chi connectivity index (χ0v) is 7.25. The van der Waals surface area contributed by atoms with Gasteiger partial charge in [0.1, 0.15) is 0 Å². The fourth-order valence-electron chi connectivity index (χ4n) is 2.63. The summed E-state index contributed by atoms with van der Waals surface area (Å²) in [6.45, 7) is 1.55. The van der Waals surface area contributed by atoms with E-state index in [1.54, 1.807) is 4.90 Å². The molecule has 0 unspecified atom stereocenters. The maximum absolute atomic E-state index is 10.7. The minimum atomic E-state index is -0.737. The Morgan fingerprint density at radius 1 is 1.25 bits per heavy atom. The van der Waals surface area contributed by atoms with E-state index in [0.29, 0.717) is 5.41 Å². The summed E-state index contributed by atoms with van der Waals surface area (Å²) in [5.74, 6) is 0. The summed E-state index contributed by atoms with van der Waals surface area (Å²) in [6, 6.07) is 0. The van der Waals surface area contributed by atoms with Crippen molar-refractivity contribution in [1.29, 1.82) is 0 Å². The third kappa shape index (κ3) is 1.17. The highest BCUT2D eigenvalue weighted by Gasteiger charge is 2.41. The van der Waals surface area contributed by atoms with Crippen LogP contribution in [0, 0.1) is 5.41 Å². The summed E-state index contributed by atoms with van der Waals surface area (Å²) in [6.07, 6.45) is 5.45. The van der Waals surface area contributed by atoms with E-state index in [9.17, 15) is 4.79 Å². The van der Waals surface area contributed by atoms with Crippen molar-refractivity contribution in [2.45, 2.75) is 32.1 Å². The van der Waals surface area contributed by atoms with Crippen LogP contribution in [-0.2, 0) is 0 Å². The van der Waals surface area contributed by atoms with Gasteiger partial charge in [-0.25, -0.2) is 4.79 Å². The third-order valence-corrected chi connectivity index (χ3v) is 3.37. The molecule has 2 fully saturated rings. The first-order chi connectivity index (χ1) is 5.72. The molecule has 1 spiro atoms. The van der Waals surface area contributed by atoms with Crippen LogP contribution in [0.25, 0.3) is 0 Å². The second-order valence-corrected chi connectivity index (χ2v) is 4.16. The zero-order valence-electron chi connectivity index (χ0n) is 7.25. The van der Waals surface area contributed by atoms with Gasteiger partial charge >= 0.3 is 6.09 Å². The Morgan fingerprint density at radius 2 is 1.92 bits per heavy atom. The predicted molar refractivity (Wildman–Crippen MR) is 45.1 cm³/mol. The Hall–Kier alpha value is -0.730. The summed E-state index contributed by atoms with van der Waals surface area (Å²) in [5, 5.41) is 8.78. The highest BCUT2D eigenvalue weighted by Crippen LogP contribution is 2.45. The minimum absolute atomic E-state index is 0.387. The van der Waals surface area contributed by atoms with Crippen molar-refractivity contribution in [2.24, 2.45) is 5.41 Å². The van der Waals surface area contributed by atoms with Crippen molar-refractivity contribution >= 4 is 6.09 Å². The highest BCUT2D eigenvalue weighted by molar-refractivity contribution is 5.65. The van der Waals surface area contributed by atoms with Crippen LogP contribution in [-0.4, -0.2) is 29.2 Å². The lowest BCUT2D eigenvalue weighted by molar-refractivity contribution is 0.149. The summed E-state index contributed by atoms with van der Waals surface area (Å²) in [4.78, 5) is 12.2. The summed E-state index contributed by atoms with van der Waals surface area (Å²) >= 11 is 0. The maximum Gasteiger partial charge on any atom is 0.407 e. The lowest BCUT2D eigenvalue weighted by atomic mass is 9.86. The van der Waals surface area contributed by atoms with Crippen LogP contribution in [0.3, 0.4) is 0 Å². The highest BCUT2D eigenvalue weighted by atomic mass is 16.4. The maximum atomic E-state index is 10.7. The molecule has 12 heavy (non-hydrogen) atoms. The van der Waals surface area contributed by atoms with Gasteiger partial charge in [0.05, 0.1) is 0 Å². The Balaban J connectivity index is 2.01. The molecular weight excluding hydrogens is 154 g/mol. The van der Waals surface area contributed by atoms with E-state index in [4.69, 9.17) is 5.11 Å². The number of hydrogen-bond donors (Lipinski definition) is 1. The Kier molecular flexibility index (Phi) is 1.74. The molecule has 1 saturated heterocycles. The Morgan fingerprint density at radius 3 is 2.42 bits per heavy atom. The predicted octanol–water partition coefficient (Wildman–Crippen LogP) is 1.93.